The number of hydrogen-bond donors (Lipinski definition) is 2. The molecule has 4 aromatic rings. The SMILES string of the molecule is COc1ccc(CC(C)C(N)C(O)c2cc(OCc3ccccc3)c(OCc3ccccc3)cc2Cl)cc1OC. The zero-order chi connectivity index (χ0) is 28.5. The molecule has 0 aliphatic carbocycles. The number of aliphatic hydroxyl groups excluding tert-OH is 1. The molecule has 210 valence electrons. The fraction of sp³-hybridized carbons (Fsp3) is 0.273. The van der Waals surface area contributed by atoms with Gasteiger partial charge in [0.2, 0.25) is 0 Å². The Morgan fingerprint density at radius 1 is 0.700 bits per heavy atom. The lowest BCUT2D eigenvalue weighted by Crippen LogP contribution is -2.36. The van der Waals surface area contributed by atoms with E-state index in [1.807, 2.05) is 85.8 Å². The van der Waals surface area contributed by atoms with Crippen molar-refractivity contribution in [1.29, 1.82) is 0 Å². The van der Waals surface area contributed by atoms with Crippen molar-refractivity contribution in [2.24, 2.45) is 11.7 Å². The van der Waals surface area contributed by atoms with Gasteiger partial charge in [0.1, 0.15) is 13.2 Å². The first kappa shape index (κ1) is 29.3. The Hall–Kier alpha value is -3.71. The molecule has 7 heteroatoms. The van der Waals surface area contributed by atoms with Gasteiger partial charge in [-0.25, -0.2) is 0 Å². The minimum atomic E-state index is -1.02. The van der Waals surface area contributed by atoms with E-state index in [-0.39, 0.29) is 5.92 Å². The smallest absolute Gasteiger partial charge is 0.163 e. The summed E-state index contributed by atoms with van der Waals surface area (Å²) in [4.78, 5) is 0. The van der Waals surface area contributed by atoms with Crippen molar-refractivity contribution in [3.63, 3.8) is 0 Å². The molecule has 3 N–H and O–H groups in total. The first-order valence-corrected chi connectivity index (χ1v) is 13.6. The number of hydrogen-bond acceptors (Lipinski definition) is 6. The second-order valence-electron chi connectivity index (χ2n) is 9.76. The summed E-state index contributed by atoms with van der Waals surface area (Å²) >= 11 is 6.70. The van der Waals surface area contributed by atoms with Crippen LogP contribution in [-0.2, 0) is 19.6 Å². The molecule has 0 heterocycles. The average molecular weight is 562 g/mol. The minimum Gasteiger partial charge on any atom is -0.493 e. The van der Waals surface area contributed by atoms with E-state index in [9.17, 15) is 5.11 Å². The minimum absolute atomic E-state index is 0.0770. The van der Waals surface area contributed by atoms with Gasteiger partial charge in [-0.1, -0.05) is 85.3 Å². The molecule has 0 radical (unpaired) electrons. The summed E-state index contributed by atoms with van der Waals surface area (Å²) in [7, 11) is 3.21. The van der Waals surface area contributed by atoms with Crippen LogP contribution in [0.4, 0.5) is 0 Å². The van der Waals surface area contributed by atoms with Crippen LogP contribution in [-0.4, -0.2) is 25.4 Å². The molecule has 3 unspecified atom stereocenters. The quantitative estimate of drug-likeness (QED) is 0.188. The Morgan fingerprint density at radius 3 is 1.80 bits per heavy atom. The molecule has 0 saturated carbocycles. The number of rotatable bonds is 13. The number of halogens is 1. The number of methoxy groups -OCH3 is 2. The molecule has 0 saturated heterocycles. The van der Waals surface area contributed by atoms with E-state index in [2.05, 4.69) is 0 Å². The molecule has 0 bridgehead atoms. The topological polar surface area (TPSA) is 83.2 Å². The molecule has 4 rings (SSSR count). The van der Waals surface area contributed by atoms with Gasteiger partial charge in [-0.3, -0.25) is 0 Å². The van der Waals surface area contributed by atoms with Crippen LogP contribution in [0.1, 0.15) is 35.3 Å². The molecule has 0 fully saturated rings. The third-order valence-corrected chi connectivity index (χ3v) is 7.21. The normalized spacial score (nSPS) is 13.2. The van der Waals surface area contributed by atoms with Gasteiger partial charge in [0.15, 0.2) is 23.0 Å². The van der Waals surface area contributed by atoms with Gasteiger partial charge in [-0.05, 0) is 47.2 Å². The van der Waals surface area contributed by atoms with E-state index in [1.54, 1.807) is 26.4 Å². The Labute approximate surface area is 241 Å². The summed E-state index contributed by atoms with van der Waals surface area (Å²) in [5, 5.41) is 11.7. The molecule has 0 aromatic heterocycles. The lowest BCUT2D eigenvalue weighted by atomic mass is 9.88. The Morgan fingerprint density at radius 2 is 1.25 bits per heavy atom. The molecular formula is C33H36ClNO5. The van der Waals surface area contributed by atoms with Crippen molar-refractivity contribution in [2.45, 2.75) is 38.7 Å². The maximum Gasteiger partial charge on any atom is 0.163 e. The zero-order valence-corrected chi connectivity index (χ0v) is 23.8. The predicted molar refractivity (Wildman–Crippen MR) is 158 cm³/mol. The third-order valence-electron chi connectivity index (χ3n) is 6.88. The monoisotopic (exact) mass is 561 g/mol. The maximum absolute atomic E-state index is 11.4. The van der Waals surface area contributed by atoms with E-state index >= 15 is 0 Å². The van der Waals surface area contributed by atoms with Crippen LogP contribution >= 0.6 is 11.6 Å². The van der Waals surface area contributed by atoms with E-state index < -0.39 is 12.1 Å². The van der Waals surface area contributed by atoms with E-state index in [0.717, 1.165) is 16.7 Å². The van der Waals surface area contributed by atoms with Crippen molar-refractivity contribution in [1.82, 2.24) is 0 Å². The van der Waals surface area contributed by atoms with Crippen LogP contribution < -0.4 is 24.7 Å². The average Bonchev–Trinajstić information content (AvgIpc) is 2.99. The van der Waals surface area contributed by atoms with Crippen molar-refractivity contribution >= 4 is 11.6 Å². The second-order valence-corrected chi connectivity index (χ2v) is 10.2. The summed E-state index contributed by atoms with van der Waals surface area (Å²) in [5.41, 5.74) is 10.1. The summed E-state index contributed by atoms with van der Waals surface area (Å²) in [6, 6.07) is 28.3. The molecule has 3 atom stereocenters. The van der Waals surface area contributed by atoms with Gasteiger partial charge in [0.25, 0.3) is 0 Å². The first-order chi connectivity index (χ1) is 19.4. The molecule has 0 aliphatic rings. The van der Waals surface area contributed by atoms with Crippen LogP contribution in [0.2, 0.25) is 5.02 Å². The van der Waals surface area contributed by atoms with Gasteiger partial charge in [0, 0.05) is 17.7 Å². The largest absolute Gasteiger partial charge is 0.493 e. The second kappa shape index (κ2) is 14.1. The molecule has 0 amide bonds. The highest BCUT2D eigenvalue weighted by atomic mass is 35.5. The molecule has 6 nitrogen and oxygen atoms in total. The predicted octanol–water partition coefficient (Wildman–Crippen LogP) is 6.75. The number of ether oxygens (including phenoxy) is 4. The van der Waals surface area contributed by atoms with Gasteiger partial charge < -0.3 is 29.8 Å². The fourth-order valence-corrected chi connectivity index (χ4v) is 4.77. The van der Waals surface area contributed by atoms with Crippen molar-refractivity contribution in [2.75, 3.05) is 14.2 Å². The van der Waals surface area contributed by atoms with E-state index in [4.69, 9.17) is 36.3 Å². The molecular weight excluding hydrogens is 526 g/mol. The van der Waals surface area contributed by atoms with Crippen molar-refractivity contribution in [3.05, 3.63) is 118 Å². The van der Waals surface area contributed by atoms with Crippen molar-refractivity contribution < 1.29 is 24.1 Å². The lowest BCUT2D eigenvalue weighted by Gasteiger charge is -2.27. The van der Waals surface area contributed by atoms with Gasteiger partial charge in [0.05, 0.1) is 25.3 Å². The van der Waals surface area contributed by atoms with E-state index in [1.165, 1.54) is 0 Å². The molecule has 0 spiro atoms. The van der Waals surface area contributed by atoms with Crippen molar-refractivity contribution in [3.8, 4) is 23.0 Å². The highest BCUT2D eigenvalue weighted by Gasteiger charge is 2.27. The Bertz CT molecular complexity index is 1370. The first-order valence-electron chi connectivity index (χ1n) is 13.2. The van der Waals surface area contributed by atoms with Crippen LogP contribution in [0.5, 0.6) is 23.0 Å². The Kier molecular flexibility index (Phi) is 10.3. The van der Waals surface area contributed by atoms with Gasteiger partial charge in [-0.15, -0.1) is 0 Å². The van der Waals surface area contributed by atoms with Gasteiger partial charge in [-0.2, -0.15) is 0 Å². The summed E-state index contributed by atoms with van der Waals surface area (Å²) < 4.78 is 23.1. The molecule has 0 aliphatic heterocycles. The van der Waals surface area contributed by atoms with Crippen LogP contribution in [0.25, 0.3) is 0 Å². The summed E-state index contributed by atoms with van der Waals surface area (Å²) in [6.07, 6.45) is -0.392. The van der Waals surface area contributed by atoms with E-state index in [0.29, 0.717) is 53.2 Å². The fourth-order valence-electron chi connectivity index (χ4n) is 4.51. The maximum atomic E-state index is 11.4. The van der Waals surface area contributed by atoms with Crippen LogP contribution in [0, 0.1) is 5.92 Å². The number of aliphatic hydroxyl groups is 1. The summed E-state index contributed by atoms with van der Waals surface area (Å²) in [6.45, 7) is 2.69. The standard InChI is InChI=1S/C33H36ClNO5/c1-22(16-25-14-15-28(37-2)29(17-25)38-3)32(35)33(36)26-18-30(39-20-23-10-6-4-7-11-23)31(19-27(26)34)40-21-24-12-8-5-9-13-24/h4-15,17-19,22,32-33,36H,16,20-21,35H2,1-3H3. The molecule has 40 heavy (non-hydrogen) atoms. The molecule has 4 aromatic carbocycles. The highest BCUT2D eigenvalue weighted by Crippen LogP contribution is 2.39. The van der Waals surface area contributed by atoms with Crippen LogP contribution in [0.15, 0.2) is 91.0 Å². The third kappa shape index (κ3) is 7.48. The zero-order valence-electron chi connectivity index (χ0n) is 23.0. The van der Waals surface area contributed by atoms with Crippen LogP contribution in [0.3, 0.4) is 0 Å². The Balaban J connectivity index is 1.54. The lowest BCUT2D eigenvalue weighted by molar-refractivity contribution is 0.121. The summed E-state index contributed by atoms with van der Waals surface area (Å²) in [5.74, 6) is 2.21. The van der Waals surface area contributed by atoms with Gasteiger partial charge >= 0.3 is 0 Å². The number of nitrogens with two attached hydrogens (primary N) is 1. The highest BCUT2D eigenvalue weighted by molar-refractivity contribution is 6.31. The number of benzene rings is 4.